The zero-order valence-electron chi connectivity index (χ0n) is 8.00. The molecule has 3 N–H and O–H groups in total. The lowest BCUT2D eigenvalue weighted by atomic mass is 10.2. The Balaban J connectivity index is 2.40. The Kier molecular flexibility index (Phi) is 3.79. The number of carbonyl (C=O) groups excluding carboxylic acids is 1. The molecule has 1 rings (SSSR count). The van der Waals surface area contributed by atoms with Crippen LogP contribution >= 0.6 is 0 Å². The van der Waals surface area contributed by atoms with Crippen LogP contribution in [0.2, 0.25) is 0 Å². The Labute approximate surface area is 86.4 Å². The van der Waals surface area contributed by atoms with Crippen molar-refractivity contribution in [2.75, 3.05) is 0 Å². The summed E-state index contributed by atoms with van der Waals surface area (Å²) in [6.07, 6.45) is -0.221. The lowest BCUT2D eigenvalue weighted by Gasteiger charge is -2.03. The molecule has 0 aliphatic carbocycles. The predicted octanol–water partition coefficient (Wildman–Crippen LogP) is 1.19. The van der Waals surface area contributed by atoms with Crippen LogP contribution in [0.5, 0.6) is 0 Å². The Bertz CT molecular complexity index is 362. The van der Waals surface area contributed by atoms with Crippen molar-refractivity contribution in [1.29, 1.82) is 5.41 Å². The molecule has 0 heterocycles. The minimum absolute atomic E-state index is 0.0619. The van der Waals surface area contributed by atoms with Crippen molar-refractivity contribution in [2.24, 2.45) is 5.73 Å². The second kappa shape index (κ2) is 5.09. The van der Waals surface area contributed by atoms with Crippen molar-refractivity contribution in [3.8, 4) is 0 Å². The van der Waals surface area contributed by atoms with Gasteiger partial charge in [-0.2, -0.15) is 0 Å². The van der Waals surface area contributed by atoms with Gasteiger partial charge in [0.2, 0.25) is 0 Å². The SMILES string of the molecule is N=C(N)CC(=O)OCc1ccc(F)cc1. The van der Waals surface area contributed by atoms with Crippen LogP contribution in [0.25, 0.3) is 0 Å². The number of rotatable bonds is 4. The number of hydrogen-bond donors (Lipinski definition) is 2. The van der Waals surface area contributed by atoms with E-state index < -0.39 is 5.97 Å². The second-order valence-electron chi connectivity index (χ2n) is 2.99. The lowest BCUT2D eigenvalue weighted by molar-refractivity contribution is -0.143. The van der Waals surface area contributed by atoms with E-state index in [1.54, 1.807) is 0 Å². The summed E-state index contributed by atoms with van der Waals surface area (Å²) in [6.45, 7) is 0.0619. The van der Waals surface area contributed by atoms with Crippen molar-refractivity contribution in [1.82, 2.24) is 0 Å². The first kappa shape index (κ1) is 11.2. The molecule has 15 heavy (non-hydrogen) atoms. The molecule has 0 radical (unpaired) electrons. The highest BCUT2D eigenvalue weighted by Gasteiger charge is 2.04. The van der Waals surface area contributed by atoms with Crippen molar-refractivity contribution < 1.29 is 13.9 Å². The molecule has 80 valence electrons. The number of hydrogen-bond acceptors (Lipinski definition) is 3. The monoisotopic (exact) mass is 210 g/mol. The van der Waals surface area contributed by atoms with Gasteiger partial charge < -0.3 is 10.5 Å². The molecule has 0 unspecified atom stereocenters. The van der Waals surface area contributed by atoms with Crippen LogP contribution in [0.1, 0.15) is 12.0 Å². The smallest absolute Gasteiger partial charge is 0.313 e. The van der Waals surface area contributed by atoms with Crippen molar-refractivity contribution >= 4 is 11.8 Å². The van der Waals surface area contributed by atoms with Gasteiger partial charge in [-0.05, 0) is 17.7 Å². The molecule has 0 spiro atoms. The fourth-order valence-electron chi connectivity index (χ4n) is 0.951. The second-order valence-corrected chi connectivity index (χ2v) is 2.99. The molecule has 0 amide bonds. The van der Waals surface area contributed by atoms with Crippen LogP contribution in [-0.4, -0.2) is 11.8 Å². The van der Waals surface area contributed by atoms with Crippen molar-refractivity contribution in [3.05, 3.63) is 35.6 Å². The summed E-state index contributed by atoms with van der Waals surface area (Å²) < 4.78 is 17.3. The van der Waals surface area contributed by atoms with Crippen LogP contribution in [0.3, 0.4) is 0 Å². The highest BCUT2D eigenvalue weighted by molar-refractivity contribution is 5.94. The molecule has 0 fully saturated rings. The number of nitrogens with two attached hydrogens (primary N) is 1. The first-order valence-electron chi connectivity index (χ1n) is 4.31. The molecule has 0 atom stereocenters. The van der Waals surface area contributed by atoms with Gasteiger partial charge in [0.05, 0.1) is 0 Å². The molecular formula is C10H11FN2O2. The summed E-state index contributed by atoms with van der Waals surface area (Å²) in [7, 11) is 0. The Morgan fingerprint density at radius 2 is 2.00 bits per heavy atom. The van der Waals surface area contributed by atoms with Crippen molar-refractivity contribution in [2.45, 2.75) is 13.0 Å². The average molecular weight is 210 g/mol. The third kappa shape index (κ3) is 4.21. The van der Waals surface area contributed by atoms with Gasteiger partial charge in [-0.3, -0.25) is 10.2 Å². The summed E-state index contributed by atoms with van der Waals surface area (Å²) in [5.74, 6) is -1.14. The zero-order valence-corrected chi connectivity index (χ0v) is 8.00. The van der Waals surface area contributed by atoms with Crippen LogP contribution in [0.15, 0.2) is 24.3 Å². The Hall–Kier alpha value is -1.91. The van der Waals surface area contributed by atoms with Gasteiger partial charge in [-0.15, -0.1) is 0 Å². The maximum Gasteiger partial charge on any atom is 0.313 e. The third-order valence-electron chi connectivity index (χ3n) is 1.65. The molecule has 0 aliphatic rings. The van der Waals surface area contributed by atoms with Gasteiger partial charge in [0.15, 0.2) is 0 Å². The average Bonchev–Trinajstić information content (AvgIpc) is 2.16. The minimum atomic E-state index is -0.563. The summed E-state index contributed by atoms with van der Waals surface area (Å²) >= 11 is 0. The van der Waals surface area contributed by atoms with Crippen LogP contribution in [-0.2, 0) is 16.1 Å². The number of halogens is 1. The van der Waals surface area contributed by atoms with E-state index in [1.807, 2.05) is 0 Å². The normalized spacial score (nSPS) is 9.67. The van der Waals surface area contributed by atoms with E-state index in [0.29, 0.717) is 5.56 Å². The van der Waals surface area contributed by atoms with E-state index >= 15 is 0 Å². The topological polar surface area (TPSA) is 76.2 Å². The van der Waals surface area contributed by atoms with Gasteiger partial charge >= 0.3 is 5.97 Å². The third-order valence-corrected chi connectivity index (χ3v) is 1.65. The molecule has 0 saturated carbocycles. The molecule has 0 bridgehead atoms. The highest BCUT2D eigenvalue weighted by atomic mass is 19.1. The molecule has 0 saturated heterocycles. The number of ether oxygens (including phenoxy) is 1. The number of esters is 1. The van der Waals surface area contributed by atoms with Gasteiger partial charge in [-0.25, -0.2) is 4.39 Å². The maximum atomic E-state index is 12.5. The van der Waals surface area contributed by atoms with Crippen LogP contribution < -0.4 is 5.73 Å². The van der Waals surface area contributed by atoms with E-state index in [-0.39, 0.29) is 24.7 Å². The molecule has 0 aliphatic heterocycles. The number of carbonyl (C=O) groups is 1. The van der Waals surface area contributed by atoms with E-state index in [4.69, 9.17) is 15.9 Å². The first-order valence-corrected chi connectivity index (χ1v) is 4.31. The Morgan fingerprint density at radius 3 is 2.53 bits per heavy atom. The summed E-state index contributed by atoms with van der Waals surface area (Å²) in [6, 6.07) is 5.62. The van der Waals surface area contributed by atoms with E-state index in [2.05, 4.69) is 0 Å². The maximum absolute atomic E-state index is 12.5. The van der Waals surface area contributed by atoms with Crippen LogP contribution in [0.4, 0.5) is 4.39 Å². The fourth-order valence-corrected chi connectivity index (χ4v) is 0.951. The lowest BCUT2D eigenvalue weighted by Crippen LogP contribution is -2.17. The number of nitrogens with one attached hydrogen (secondary N) is 1. The summed E-state index contributed by atoms with van der Waals surface area (Å²) in [4.78, 5) is 11.0. The van der Waals surface area contributed by atoms with Gasteiger partial charge in [0.1, 0.15) is 24.7 Å². The van der Waals surface area contributed by atoms with Crippen molar-refractivity contribution in [3.63, 3.8) is 0 Å². The fraction of sp³-hybridized carbons (Fsp3) is 0.200. The van der Waals surface area contributed by atoms with E-state index in [1.165, 1.54) is 24.3 Å². The molecule has 4 nitrogen and oxygen atoms in total. The van der Waals surface area contributed by atoms with E-state index in [9.17, 15) is 9.18 Å². The zero-order chi connectivity index (χ0) is 11.3. The Morgan fingerprint density at radius 1 is 1.40 bits per heavy atom. The molecule has 0 aromatic heterocycles. The number of benzene rings is 1. The van der Waals surface area contributed by atoms with E-state index in [0.717, 1.165) is 0 Å². The quantitative estimate of drug-likeness (QED) is 0.445. The summed E-state index contributed by atoms with van der Waals surface area (Å²) in [5, 5.41) is 6.86. The summed E-state index contributed by atoms with van der Waals surface area (Å²) in [5.41, 5.74) is 5.70. The molecule has 1 aromatic rings. The molecule has 5 heteroatoms. The largest absolute Gasteiger partial charge is 0.460 e. The van der Waals surface area contributed by atoms with Gasteiger partial charge in [0.25, 0.3) is 0 Å². The predicted molar refractivity (Wildman–Crippen MR) is 52.7 cm³/mol. The highest BCUT2D eigenvalue weighted by Crippen LogP contribution is 2.04. The minimum Gasteiger partial charge on any atom is -0.460 e. The number of amidine groups is 1. The van der Waals surface area contributed by atoms with Crippen LogP contribution in [0, 0.1) is 11.2 Å². The first-order chi connectivity index (χ1) is 7.08. The van der Waals surface area contributed by atoms with Gasteiger partial charge in [0, 0.05) is 0 Å². The van der Waals surface area contributed by atoms with Gasteiger partial charge in [-0.1, -0.05) is 12.1 Å². The molecular weight excluding hydrogens is 199 g/mol. The molecule has 1 aromatic carbocycles. The standard InChI is InChI=1S/C10H11FN2O2/c11-8-3-1-7(2-4-8)6-15-10(14)5-9(12)13/h1-4H,5-6H2,(H3,12,13).